The van der Waals surface area contributed by atoms with Crippen molar-refractivity contribution < 1.29 is 4.79 Å². The fourth-order valence-corrected chi connectivity index (χ4v) is 3.96. The van der Waals surface area contributed by atoms with Gasteiger partial charge >= 0.3 is 0 Å². The lowest BCUT2D eigenvalue weighted by molar-refractivity contribution is -0.121. The van der Waals surface area contributed by atoms with Gasteiger partial charge in [-0.2, -0.15) is 0 Å². The van der Waals surface area contributed by atoms with Gasteiger partial charge in [-0.05, 0) is 46.9 Å². The summed E-state index contributed by atoms with van der Waals surface area (Å²) in [6, 6.07) is 8.13. The van der Waals surface area contributed by atoms with Gasteiger partial charge in [0, 0.05) is 15.7 Å². The average Bonchev–Trinajstić information content (AvgIpc) is 2.38. The predicted molar refractivity (Wildman–Crippen MR) is 81.8 cm³/mol. The summed E-state index contributed by atoms with van der Waals surface area (Å²) in [5.74, 6) is 0.153. The van der Waals surface area contributed by atoms with E-state index in [4.69, 9.17) is 0 Å². The molecule has 0 aliphatic carbocycles. The highest BCUT2D eigenvalue weighted by atomic mass is 32.2. The molecule has 1 aromatic carbocycles. The maximum Gasteiger partial charge on any atom is 0.245 e. The number of amides is 1. The van der Waals surface area contributed by atoms with Gasteiger partial charge < -0.3 is 10.2 Å². The Kier molecular flexibility index (Phi) is 3.92. The Morgan fingerprint density at radius 1 is 1.32 bits per heavy atom. The summed E-state index contributed by atoms with van der Waals surface area (Å²) in [6.45, 7) is 8.36. The molecule has 0 spiro atoms. The lowest BCUT2D eigenvalue weighted by Crippen LogP contribution is -2.55. The monoisotopic (exact) mass is 278 g/mol. The lowest BCUT2D eigenvalue weighted by atomic mass is 10.0. The van der Waals surface area contributed by atoms with Gasteiger partial charge in [0.05, 0.1) is 5.69 Å². The fourth-order valence-electron chi connectivity index (χ4n) is 2.64. The van der Waals surface area contributed by atoms with Crippen molar-refractivity contribution >= 4 is 23.4 Å². The zero-order valence-corrected chi connectivity index (χ0v) is 13.0. The van der Waals surface area contributed by atoms with Crippen molar-refractivity contribution in [2.24, 2.45) is 0 Å². The number of para-hydroxylation sites is 1. The number of carbonyl (C=O) groups is 1. The molecule has 1 N–H and O–H groups in total. The predicted octanol–water partition coefficient (Wildman–Crippen LogP) is 2.90. The van der Waals surface area contributed by atoms with Crippen LogP contribution >= 0.6 is 11.8 Å². The normalized spacial score (nSPS) is 22.3. The molecule has 1 heterocycles. The minimum Gasteiger partial charge on any atom is -0.308 e. The maximum absolute atomic E-state index is 12.8. The van der Waals surface area contributed by atoms with Crippen molar-refractivity contribution in [3.63, 3.8) is 0 Å². The van der Waals surface area contributed by atoms with Crippen LogP contribution in [0.2, 0.25) is 0 Å². The largest absolute Gasteiger partial charge is 0.308 e. The number of likely N-dealkylation sites (N-methyl/N-ethyl adjacent to an activating group) is 1. The Hall–Kier alpha value is -1.00. The first-order valence-electron chi connectivity index (χ1n) is 6.67. The Labute approximate surface area is 119 Å². The van der Waals surface area contributed by atoms with Crippen LogP contribution in [-0.2, 0) is 4.79 Å². The van der Waals surface area contributed by atoms with Gasteiger partial charge in [0.1, 0.15) is 6.04 Å². The number of benzene rings is 1. The van der Waals surface area contributed by atoms with Gasteiger partial charge in [0.2, 0.25) is 5.91 Å². The number of nitrogens with one attached hydrogen (secondary N) is 1. The van der Waals surface area contributed by atoms with Crippen molar-refractivity contribution in [2.45, 2.75) is 49.4 Å². The van der Waals surface area contributed by atoms with Crippen molar-refractivity contribution in [2.75, 3.05) is 11.9 Å². The SMILES string of the molecule is CNC1C(=O)N(C(C)C)c2ccccc2SC1(C)C. The number of nitrogens with zero attached hydrogens (tertiary/aromatic N) is 1. The Morgan fingerprint density at radius 3 is 2.53 bits per heavy atom. The first kappa shape index (κ1) is 14.4. The van der Waals surface area contributed by atoms with Crippen LogP contribution in [0.25, 0.3) is 0 Å². The topological polar surface area (TPSA) is 32.3 Å². The van der Waals surface area contributed by atoms with E-state index in [0.717, 1.165) is 5.69 Å². The van der Waals surface area contributed by atoms with E-state index < -0.39 is 0 Å². The van der Waals surface area contributed by atoms with Crippen LogP contribution in [0.3, 0.4) is 0 Å². The van der Waals surface area contributed by atoms with Gasteiger partial charge in [-0.3, -0.25) is 4.79 Å². The van der Waals surface area contributed by atoms with Gasteiger partial charge in [0.15, 0.2) is 0 Å². The molecule has 1 aromatic rings. The molecule has 19 heavy (non-hydrogen) atoms. The maximum atomic E-state index is 12.8. The molecular formula is C15H22N2OS. The van der Waals surface area contributed by atoms with Gasteiger partial charge in [-0.25, -0.2) is 0 Å². The highest BCUT2D eigenvalue weighted by Gasteiger charge is 2.42. The summed E-state index contributed by atoms with van der Waals surface area (Å²) >= 11 is 1.77. The zero-order chi connectivity index (χ0) is 14.2. The molecule has 1 aliphatic rings. The van der Waals surface area contributed by atoms with Crippen LogP contribution in [0.15, 0.2) is 29.2 Å². The lowest BCUT2D eigenvalue weighted by Gasteiger charge is -2.33. The van der Waals surface area contributed by atoms with E-state index in [0.29, 0.717) is 0 Å². The van der Waals surface area contributed by atoms with E-state index in [-0.39, 0.29) is 22.7 Å². The number of fused-ring (bicyclic) bond motifs is 1. The molecule has 104 valence electrons. The molecule has 0 aromatic heterocycles. The van der Waals surface area contributed by atoms with E-state index in [1.807, 2.05) is 30.1 Å². The summed E-state index contributed by atoms with van der Waals surface area (Å²) in [5, 5.41) is 3.19. The average molecular weight is 278 g/mol. The number of hydrogen-bond acceptors (Lipinski definition) is 3. The molecule has 0 fully saturated rings. The van der Waals surface area contributed by atoms with Crippen LogP contribution in [0.5, 0.6) is 0 Å². The van der Waals surface area contributed by atoms with Gasteiger partial charge in [0.25, 0.3) is 0 Å². The first-order valence-corrected chi connectivity index (χ1v) is 7.48. The van der Waals surface area contributed by atoms with Gasteiger partial charge in [-0.1, -0.05) is 12.1 Å². The second-order valence-electron chi connectivity index (χ2n) is 5.70. The van der Waals surface area contributed by atoms with E-state index in [1.54, 1.807) is 11.8 Å². The van der Waals surface area contributed by atoms with E-state index in [2.05, 4.69) is 39.1 Å². The number of hydrogen-bond donors (Lipinski definition) is 1. The Morgan fingerprint density at radius 2 is 1.95 bits per heavy atom. The van der Waals surface area contributed by atoms with Crippen molar-refractivity contribution in [1.82, 2.24) is 5.32 Å². The highest BCUT2D eigenvalue weighted by Crippen LogP contribution is 2.44. The van der Waals surface area contributed by atoms with Crippen LogP contribution in [0.1, 0.15) is 27.7 Å². The smallest absolute Gasteiger partial charge is 0.245 e. The van der Waals surface area contributed by atoms with E-state index in [9.17, 15) is 4.79 Å². The second-order valence-corrected chi connectivity index (χ2v) is 7.39. The summed E-state index contributed by atoms with van der Waals surface area (Å²) in [6.07, 6.45) is 0. The minimum atomic E-state index is -0.188. The molecule has 1 unspecified atom stereocenters. The van der Waals surface area contributed by atoms with Crippen LogP contribution < -0.4 is 10.2 Å². The first-order chi connectivity index (χ1) is 8.88. The molecule has 3 nitrogen and oxygen atoms in total. The van der Waals surface area contributed by atoms with E-state index >= 15 is 0 Å². The molecule has 0 radical (unpaired) electrons. The quantitative estimate of drug-likeness (QED) is 0.903. The van der Waals surface area contributed by atoms with Crippen LogP contribution in [0, 0.1) is 0 Å². The standard InChI is InChI=1S/C15H22N2OS/c1-10(2)17-11-8-6-7-9-12(11)19-15(3,4)13(16-5)14(17)18/h6-10,13,16H,1-5H3. The van der Waals surface area contributed by atoms with Crippen molar-refractivity contribution in [3.05, 3.63) is 24.3 Å². The summed E-state index contributed by atoms with van der Waals surface area (Å²) in [4.78, 5) is 15.9. The minimum absolute atomic E-state index is 0.152. The number of rotatable bonds is 2. The van der Waals surface area contributed by atoms with Gasteiger partial charge in [-0.15, -0.1) is 11.8 Å². The van der Waals surface area contributed by atoms with Crippen LogP contribution in [-0.4, -0.2) is 29.8 Å². The Bertz CT molecular complexity index is 485. The number of thioether (sulfide) groups is 1. The molecule has 4 heteroatoms. The molecule has 0 saturated heterocycles. The zero-order valence-electron chi connectivity index (χ0n) is 12.2. The second kappa shape index (κ2) is 5.17. The number of carbonyl (C=O) groups excluding carboxylic acids is 1. The molecule has 0 bridgehead atoms. The third-order valence-electron chi connectivity index (χ3n) is 3.48. The molecule has 2 rings (SSSR count). The third-order valence-corrected chi connectivity index (χ3v) is 4.81. The Balaban J connectivity index is 2.59. The van der Waals surface area contributed by atoms with Crippen LogP contribution in [0.4, 0.5) is 5.69 Å². The molecule has 1 aliphatic heterocycles. The van der Waals surface area contributed by atoms with E-state index in [1.165, 1.54) is 4.90 Å². The number of anilines is 1. The molecule has 1 atom stereocenters. The molecule has 0 saturated carbocycles. The van der Waals surface area contributed by atoms with Crippen molar-refractivity contribution in [3.8, 4) is 0 Å². The highest BCUT2D eigenvalue weighted by molar-refractivity contribution is 8.01. The summed E-state index contributed by atoms with van der Waals surface area (Å²) in [5.41, 5.74) is 1.03. The van der Waals surface area contributed by atoms with Crippen molar-refractivity contribution in [1.29, 1.82) is 0 Å². The molecule has 1 amide bonds. The molecular weight excluding hydrogens is 256 g/mol. The summed E-state index contributed by atoms with van der Waals surface area (Å²) < 4.78 is -0.175. The fraction of sp³-hybridized carbons (Fsp3) is 0.533. The summed E-state index contributed by atoms with van der Waals surface area (Å²) in [7, 11) is 1.86. The third kappa shape index (κ3) is 2.51.